The Balaban J connectivity index is 1.84. The second-order valence-corrected chi connectivity index (χ2v) is 5.23. The molecule has 2 aliphatic rings. The van der Waals surface area contributed by atoms with Crippen LogP contribution in [0.15, 0.2) is 24.3 Å². The van der Waals surface area contributed by atoms with E-state index in [1.165, 1.54) is 38.0 Å². The first-order chi connectivity index (χ1) is 7.33. The van der Waals surface area contributed by atoms with Gasteiger partial charge in [-0.3, -0.25) is 0 Å². The molecule has 2 bridgehead atoms. The van der Waals surface area contributed by atoms with Gasteiger partial charge in [0.2, 0.25) is 0 Å². The highest BCUT2D eigenvalue weighted by molar-refractivity contribution is 6.30. The van der Waals surface area contributed by atoms with Crippen molar-refractivity contribution in [3.8, 4) is 0 Å². The summed E-state index contributed by atoms with van der Waals surface area (Å²) < 4.78 is 0. The fourth-order valence-electron chi connectivity index (χ4n) is 3.10. The summed E-state index contributed by atoms with van der Waals surface area (Å²) >= 11 is 5.92. The summed E-state index contributed by atoms with van der Waals surface area (Å²) in [5.74, 6) is 1.67. The van der Waals surface area contributed by atoms with Crippen LogP contribution in [-0.2, 0) is 0 Å². The van der Waals surface area contributed by atoms with Crippen molar-refractivity contribution in [2.24, 2.45) is 5.92 Å². The predicted molar refractivity (Wildman–Crippen MR) is 63.4 cm³/mol. The van der Waals surface area contributed by atoms with Crippen LogP contribution in [0.3, 0.4) is 0 Å². The highest BCUT2D eigenvalue weighted by Crippen LogP contribution is 2.39. The van der Waals surface area contributed by atoms with E-state index in [-0.39, 0.29) is 0 Å². The van der Waals surface area contributed by atoms with E-state index in [9.17, 15) is 0 Å². The summed E-state index contributed by atoms with van der Waals surface area (Å²) in [6.45, 7) is 3.91. The van der Waals surface area contributed by atoms with Crippen molar-refractivity contribution in [2.75, 3.05) is 19.6 Å². The van der Waals surface area contributed by atoms with Crippen molar-refractivity contribution >= 4 is 11.6 Å². The standard InChI is InChI=1S/C13H16ClN/c14-12-3-1-10(2-4-12)13-6-8-15-7-5-11(13)9-15/h1-4,11,13H,5-9H2. The molecule has 3 atom stereocenters. The van der Waals surface area contributed by atoms with E-state index in [2.05, 4.69) is 17.0 Å². The Bertz CT molecular complexity index is 346. The molecule has 3 unspecified atom stereocenters. The average molecular weight is 222 g/mol. The smallest absolute Gasteiger partial charge is 0.0406 e. The molecule has 1 aromatic carbocycles. The first-order valence-electron chi connectivity index (χ1n) is 5.81. The van der Waals surface area contributed by atoms with Gasteiger partial charge >= 0.3 is 0 Å². The first-order valence-corrected chi connectivity index (χ1v) is 6.18. The zero-order valence-electron chi connectivity index (χ0n) is 8.82. The van der Waals surface area contributed by atoms with Gasteiger partial charge in [0.1, 0.15) is 0 Å². The normalized spacial score (nSPS) is 34.3. The number of rotatable bonds is 1. The molecule has 15 heavy (non-hydrogen) atoms. The lowest BCUT2D eigenvalue weighted by Gasteiger charge is -2.30. The van der Waals surface area contributed by atoms with Crippen molar-refractivity contribution in [2.45, 2.75) is 18.8 Å². The van der Waals surface area contributed by atoms with Gasteiger partial charge in [-0.2, -0.15) is 0 Å². The molecular formula is C13H16ClN. The van der Waals surface area contributed by atoms with Gasteiger partial charge in [-0.1, -0.05) is 23.7 Å². The Morgan fingerprint density at radius 1 is 1.07 bits per heavy atom. The van der Waals surface area contributed by atoms with Gasteiger partial charge in [-0.15, -0.1) is 0 Å². The highest BCUT2D eigenvalue weighted by Gasteiger charge is 2.34. The van der Waals surface area contributed by atoms with E-state index in [1.807, 2.05) is 12.1 Å². The zero-order valence-corrected chi connectivity index (χ0v) is 9.58. The minimum atomic E-state index is 0.779. The zero-order chi connectivity index (χ0) is 10.3. The molecular weight excluding hydrogens is 206 g/mol. The van der Waals surface area contributed by atoms with E-state index in [1.54, 1.807) is 0 Å². The Kier molecular flexibility index (Phi) is 2.45. The van der Waals surface area contributed by atoms with Gasteiger partial charge in [0.25, 0.3) is 0 Å². The summed E-state index contributed by atoms with van der Waals surface area (Å²) in [5.41, 5.74) is 1.49. The van der Waals surface area contributed by atoms with Crippen LogP contribution in [0, 0.1) is 5.92 Å². The molecule has 0 aliphatic carbocycles. The molecule has 80 valence electrons. The largest absolute Gasteiger partial charge is 0.303 e. The lowest BCUT2D eigenvalue weighted by Crippen LogP contribution is -2.30. The number of nitrogens with zero attached hydrogens (tertiary/aromatic N) is 1. The topological polar surface area (TPSA) is 3.24 Å². The van der Waals surface area contributed by atoms with Gasteiger partial charge < -0.3 is 4.90 Å². The molecule has 2 heteroatoms. The number of hydrogen-bond donors (Lipinski definition) is 0. The molecule has 0 aromatic heterocycles. The third kappa shape index (κ3) is 1.79. The molecule has 3 rings (SSSR count). The number of benzene rings is 1. The fraction of sp³-hybridized carbons (Fsp3) is 0.538. The quantitative estimate of drug-likeness (QED) is 0.704. The molecule has 2 fully saturated rings. The number of fused-ring (bicyclic) bond motifs is 2. The Morgan fingerprint density at radius 3 is 2.60 bits per heavy atom. The minimum absolute atomic E-state index is 0.779. The molecule has 1 aromatic rings. The van der Waals surface area contributed by atoms with E-state index < -0.39 is 0 Å². The Hall–Kier alpha value is -0.530. The summed E-state index contributed by atoms with van der Waals surface area (Å²) in [6, 6.07) is 8.47. The van der Waals surface area contributed by atoms with Gasteiger partial charge in [-0.05, 0) is 55.5 Å². The van der Waals surface area contributed by atoms with E-state index in [0.29, 0.717) is 0 Å². The van der Waals surface area contributed by atoms with Gasteiger partial charge in [0.15, 0.2) is 0 Å². The molecule has 0 N–H and O–H groups in total. The van der Waals surface area contributed by atoms with E-state index >= 15 is 0 Å². The van der Waals surface area contributed by atoms with Crippen molar-refractivity contribution in [1.29, 1.82) is 0 Å². The maximum absolute atomic E-state index is 5.92. The van der Waals surface area contributed by atoms with Gasteiger partial charge in [0.05, 0.1) is 0 Å². The number of hydrogen-bond acceptors (Lipinski definition) is 1. The molecule has 2 aliphatic heterocycles. The Morgan fingerprint density at radius 2 is 1.80 bits per heavy atom. The van der Waals surface area contributed by atoms with Crippen LogP contribution in [0.25, 0.3) is 0 Å². The van der Waals surface area contributed by atoms with Crippen molar-refractivity contribution in [3.63, 3.8) is 0 Å². The maximum Gasteiger partial charge on any atom is 0.0406 e. The van der Waals surface area contributed by atoms with Crippen LogP contribution in [-0.4, -0.2) is 24.5 Å². The average Bonchev–Trinajstić information content (AvgIpc) is 2.63. The third-order valence-electron chi connectivity index (χ3n) is 3.93. The van der Waals surface area contributed by atoms with Crippen LogP contribution < -0.4 is 0 Å². The second-order valence-electron chi connectivity index (χ2n) is 4.80. The summed E-state index contributed by atoms with van der Waals surface area (Å²) in [7, 11) is 0. The van der Waals surface area contributed by atoms with E-state index in [4.69, 9.17) is 11.6 Å². The molecule has 2 heterocycles. The van der Waals surface area contributed by atoms with Crippen LogP contribution in [0.4, 0.5) is 0 Å². The molecule has 0 saturated carbocycles. The summed E-state index contributed by atoms with van der Waals surface area (Å²) in [4.78, 5) is 2.59. The molecule has 2 saturated heterocycles. The minimum Gasteiger partial charge on any atom is -0.303 e. The van der Waals surface area contributed by atoms with Crippen molar-refractivity contribution < 1.29 is 0 Å². The summed E-state index contributed by atoms with van der Waals surface area (Å²) in [6.07, 6.45) is 2.71. The highest BCUT2D eigenvalue weighted by atomic mass is 35.5. The fourth-order valence-corrected chi connectivity index (χ4v) is 3.23. The van der Waals surface area contributed by atoms with Crippen LogP contribution in [0.2, 0.25) is 5.02 Å². The van der Waals surface area contributed by atoms with Crippen molar-refractivity contribution in [3.05, 3.63) is 34.9 Å². The van der Waals surface area contributed by atoms with Crippen molar-refractivity contribution in [1.82, 2.24) is 4.90 Å². The number of halogens is 1. The van der Waals surface area contributed by atoms with Crippen LogP contribution in [0.5, 0.6) is 0 Å². The predicted octanol–water partition coefficient (Wildman–Crippen LogP) is 3.15. The monoisotopic (exact) mass is 221 g/mol. The summed E-state index contributed by atoms with van der Waals surface area (Å²) in [5, 5.41) is 0.850. The lowest BCUT2D eigenvalue weighted by molar-refractivity contribution is 0.245. The van der Waals surface area contributed by atoms with E-state index in [0.717, 1.165) is 16.9 Å². The first kappa shape index (κ1) is 9.68. The molecule has 0 amide bonds. The van der Waals surface area contributed by atoms with Crippen LogP contribution in [0.1, 0.15) is 24.3 Å². The van der Waals surface area contributed by atoms with Gasteiger partial charge in [0, 0.05) is 11.6 Å². The lowest BCUT2D eigenvalue weighted by atomic mass is 9.82. The molecule has 0 radical (unpaired) electrons. The third-order valence-corrected chi connectivity index (χ3v) is 4.18. The van der Waals surface area contributed by atoms with Gasteiger partial charge in [-0.25, -0.2) is 0 Å². The number of piperidine rings is 1. The second kappa shape index (κ2) is 3.80. The van der Waals surface area contributed by atoms with Crippen LogP contribution >= 0.6 is 11.6 Å². The maximum atomic E-state index is 5.92. The SMILES string of the molecule is Clc1ccc(C2CCN3CCC2C3)cc1. The Labute approximate surface area is 96.0 Å². The molecule has 1 nitrogen and oxygen atoms in total. The molecule has 0 spiro atoms.